The lowest BCUT2D eigenvalue weighted by molar-refractivity contribution is 0.00578. The maximum absolute atomic E-state index is 11.7. The fourth-order valence-electron chi connectivity index (χ4n) is 2.27. The fraction of sp³-hybridized carbons (Fsp3) is 0.467. The van der Waals surface area contributed by atoms with Gasteiger partial charge in [0.2, 0.25) is 0 Å². The van der Waals surface area contributed by atoms with E-state index in [4.69, 9.17) is 19.5 Å². The molecule has 1 unspecified atom stereocenters. The number of carbonyl (C=O) groups excluding carboxylic acids is 1. The Hall–Kier alpha value is -0.695. The third kappa shape index (κ3) is 3.76. The molecule has 1 atom stereocenters. The number of rotatable bonds is 5. The summed E-state index contributed by atoms with van der Waals surface area (Å²) in [7, 11) is 0.590. The second-order valence-corrected chi connectivity index (χ2v) is 8.53. The molecule has 1 fully saturated rings. The van der Waals surface area contributed by atoms with Crippen LogP contribution in [0.3, 0.4) is 0 Å². The predicted octanol–water partition coefficient (Wildman–Crippen LogP) is 3.83. The highest BCUT2D eigenvalue weighted by Gasteiger charge is 2.53. The van der Waals surface area contributed by atoms with Crippen molar-refractivity contribution in [1.29, 1.82) is 5.41 Å². The molecule has 0 amide bonds. The van der Waals surface area contributed by atoms with E-state index in [1.54, 1.807) is 18.2 Å². The third-order valence-electron chi connectivity index (χ3n) is 4.40. The number of esters is 1. The molecule has 1 aromatic carbocycles. The van der Waals surface area contributed by atoms with Crippen molar-refractivity contribution in [3.8, 4) is 0 Å². The molecule has 24 heavy (non-hydrogen) atoms. The van der Waals surface area contributed by atoms with Crippen LogP contribution in [0, 0.1) is 5.41 Å². The molecule has 1 heterocycles. The van der Waals surface area contributed by atoms with E-state index in [9.17, 15) is 4.79 Å². The van der Waals surface area contributed by atoms with Gasteiger partial charge in [0.15, 0.2) is 0 Å². The summed E-state index contributed by atoms with van der Waals surface area (Å²) >= 11 is 2.20. The number of anilines is 1. The number of carbonyl (C=O) groups is 1. The molecular formula is C15H21BIN2O4P. The lowest BCUT2D eigenvalue weighted by Gasteiger charge is -2.32. The topological polar surface area (TPSA) is 80.6 Å². The Balaban J connectivity index is 2.34. The summed E-state index contributed by atoms with van der Waals surface area (Å²) in [6.07, 6.45) is 0.393. The number of benzene rings is 1. The van der Waals surface area contributed by atoms with E-state index in [-0.39, 0.29) is 5.61 Å². The van der Waals surface area contributed by atoms with Crippen LogP contribution in [-0.4, -0.2) is 37.0 Å². The number of nitrogens with one attached hydrogen (secondary N) is 2. The second kappa shape index (κ2) is 7.27. The quantitative estimate of drug-likeness (QED) is 0.229. The van der Waals surface area contributed by atoms with Gasteiger partial charge in [-0.2, -0.15) is 0 Å². The summed E-state index contributed by atoms with van der Waals surface area (Å²) in [6.45, 7) is 7.80. The molecule has 0 bridgehead atoms. The van der Waals surface area contributed by atoms with Crippen molar-refractivity contribution < 1.29 is 18.8 Å². The van der Waals surface area contributed by atoms with Crippen LogP contribution in [0.2, 0.25) is 0 Å². The van der Waals surface area contributed by atoms with Crippen LogP contribution in [0.1, 0.15) is 43.6 Å². The number of ether oxygens (including phenoxy) is 1. The molecule has 6 nitrogen and oxygen atoms in total. The van der Waals surface area contributed by atoms with Crippen LogP contribution in [0.25, 0.3) is 0 Å². The largest absolute Gasteiger partial charge is 0.514 e. The molecule has 1 saturated heterocycles. The maximum Gasteiger partial charge on any atom is 0.514 e. The molecule has 0 spiro atoms. The van der Waals surface area contributed by atoms with Gasteiger partial charge >= 0.3 is 13.1 Å². The minimum absolute atomic E-state index is 0.224. The van der Waals surface area contributed by atoms with Crippen LogP contribution >= 0.6 is 28.4 Å². The van der Waals surface area contributed by atoms with Crippen LogP contribution < -0.4 is 5.09 Å². The van der Waals surface area contributed by atoms with Gasteiger partial charge < -0.3 is 24.5 Å². The van der Waals surface area contributed by atoms with Crippen LogP contribution in [0.5, 0.6) is 0 Å². The molecule has 1 aromatic rings. The van der Waals surface area contributed by atoms with Gasteiger partial charge in [-0.15, -0.1) is 0 Å². The summed E-state index contributed by atoms with van der Waals surface area (Å²) in [5, 5.41) is 11.7. The third-order valence-corrected chi connectivity index (χ3v) is 5.57. The first-order valence-electron chi connectivity index (χ1n) is 7.41. The Morgan fingerprint density at radius 1 is 1.29 bits per heavy atom. The summed E-state index contributed by atoms with van der Waals surface area (Å²) in [5.41, 5.74) is 0.973. The standard InChI is InChI=1S/C15H21BIN2O4P/c1-14(2)15(3,4)23-16(22-14)12(18)10-7-6-9(13(20)21-5)8-11(10)19-24-17/h6-8,18-19,24H,1-5H3. The summed E-state index contributed by atoms with van der Waals surface area (Å²) in [5.74, 6) is -0.413. The average Bonchev–Trinajstić information content (AvgIpc) is 2.74. The Morgan fingerprint density at radius 2 is 1.88 bits per heavy atom. The van der Waals surface area contributed by atoms with E-state index in [0.29, 0.717) is 23.2 Å². The van der Waals surface area contributed by atoms with Gasteiger partial charge in [0, 0.05) is 17.6 Å². The molecule has 9 heteroatoms. The van der Waals surface area contributed by atoms with Gasteiger partial charge in [0.05, 0.1) is 29.5 Å². The highest BCUT2D eigenvalue weighted by Crippen LogP contribution is 2.38. The molecule has 1 aliphatic heterocycles. The number of hydrogen-bond acceptors (Lipinski definition) is 6. The molecule has 2 rings (SSSR count). The molecule has 1 aliphatic rings. The molecule has 0 aromatic heterocycles. The zero-order valence-electron chi connectivity index (χ0n) is 14.3. The Labute approximate surface area is 157 Å². The van der Waals surface area contributed by atoms with Crippen molar-refractivity contribution in [2.45, 2.75) is 38.9 Å². The fourth-order valence-corrected chi connectivity index (χ4v) is 3.45. The van der Waals surface area contributed by atoms with Crippen LogP contribution in [0.4, 0.5) is 5.69 Å². The van der Waals surface area contributed by atoms with Crippen molar-refractivity contribution >= 4 is 52.8 Å². The number of methoxy groups -OCH3 is 1. The molecule has 2 N–H and O–H groups in total. The SMILES string of the molecule is COC(=O)c1ccc(C(=N)B2OC(C)(C)C(C)(C)O2)c(NPI)c1. The van der Waals surface area contributed by atoms with Crippen molar-refractivity contribution in [2.75, 3.05) is 12.2 Å². The summed E-state index contributed by atoms with van der Waals surface area (Å²) in [6, 6.07) is 5.05. The Bertz CT molecular complexity index is 653. The number of halogens is 1. The normalized spacial score (nSPS) is 18.8. The van der Waals surface area contributed by atoms with E-state index in [1.807, 2.05) is 27.7 Å². The minimum atomic E-state index is -0.753. The van der Waals surface area contributed by atoms with Gasteiger partial charge in [-0.3, -0.25) is 0 Å². The highest BCUT2D eigenvalue weighted by atomic mass is 127. The zero-order valence-corrected chi connectivity index (χ0v) is 17.5. The van der Waals surface area contributed by atoms with Crippen molar-refractivity contribution in [2.24, 2.45) is 0 Å². The van der Waals surface area contributed by atoms with E-state index in [1.165, 1.54) is 7.11 Å². The van der Waals surface area contributed by atoms with Gasteiger partial charge in [0.25, 0.3) is 0 Å². The molecule has 0 radical (unpaired) electrons. The maximum atomic E-state index is 11.7. The van der Waals surface area contributed by atoms with Crippen molar-refractivity contribution in [3.63, 3.8) is 0 Å². The first kappa shape index (κ1) is 19.6. The predicted molar refractivity (Wildman–Crippen MR) is 107 cm³/mol. The van der Waals surface area contributed by atoms with E-state index >= 15 is 0 Å². The average molecular weight is 462 g/mol. The van der Waals surface area contributed by atoms with E-state index < -0.39 is 24.3 Å². The van der Waals surface area contributed by atoms with E-state index in [2.05, 4.69) is 27.1 Å². The van der Waals surface area contributed by atoms with Crippen LogP contribution in [0.15, 0.2) is 18.2 Å². The summed E-state index contributed by atoms with van der Waals surface area (Å²) < 4.78 is 16.6. The van der Waals surface area contributed by atoms with Crippen molar-refractivity contribution in [1.82, 2.24) is 0 Å². The monoisotopic (exact) mass is 462 g/mol. The van der Waals surface area contributed by atoms with Crippen molar-refractivity contribution in [3.05, 3.63) is 29.3 Å². The molecular weight excluding hydrogens is 441 g/mol. The van der Waals surface area contributed by atoms with E-state index in [0.717, 1.165) is 0 Å². The van der Waals surface area contributed by atoms with Gasteiger partial charge in [-0.1, -0.05) is 6.07 Å². The van der Waals surface area contributed by atoms with Gasteiger partial charge in [-0.25, -0.2) is 4.79 Å². The van der Waals surface area contributed by atoms with Crippen LogP contribution in [-0.2, 0) is 14.0 Å². The molecule has 0 saturated carbocycles. The first-order valence-corrected chi connectivity index (χ1v) is 11.5. The smallest absolute Gasteiger partial charge is 0.465 e. The zero-order chi connectivity index (χ0) is 18.1. The second-order valence-electron chi connectivity index (χ2n) is 6.47. The minimum Gasteiger partial charge on any atom is -0.465 e. The van der Waals surface area contributed by atoms with Gasteiger partial charge in [-0.05, 0) is 61.9 Å². The lowest BCUT2D eigenvalue weighted by Crippen LogP contribution is -2.41. The summed E-state index contributed by atoms with van der Waals surface area (Å²) in [4.78, 5) is 11.7. The Kier molecular flexibility index (Phi) is 5.95. The molecule has 0 aliphatic carbocycles. The van der Waals surface area contributed by atoms with Gasteiger partial charge in [0.1, 0.15) is 0 Å². The number of hydrogen-bond donors (Lipinski definition) is 2. The Morgan fingerprint density at radius 3 is 2.38 bits per heavy atom. The molecule has 130 valence electrons. The highest BCUT2D eigenvalue weighted by molar-refractivity contribution is 14.2. The first-order chi connectivity index (χ1) is 11.1. The lowest BCUT2D eigenvalue weighted by atomic mass is 9.77.